The average Bonchev–Trinajstić information content (AvgIpc) is 2.26. The minimum Gasteiger partial charge on any atom is -0.480 e. The Morgan fingerprint density at radius 3 is 2.62 bits per heavy atom. The van der Waals surface area contributed by atoms with Crippen molar-refractivity contribution in [3.63, 3.8) is 0 Å². The number of aliphatic carboxylic acids is 1. The molecule has 1 N–H and O–H groups in total. The standard InChI is InChI=1S/C12H15FO2S/c1-3-8-16-12(2,11(14)15)9-6-4-5-7-10(9)13/h4-7H,3,8H2,1-2H3,(H,14,15). The highest BCUT2D eigenvalue weighted by Crippen LogP contribution is 2.38. The SMILES string of the molecule is CCCSC(C)(C(=O)O)c1ccccc1F. The van der Waals surface area contributed by atoms with E-state index in [4.69, 9.17) is 0 Å². The molecular weight excluding hydrogens is 227 g/mol. The number of rotatable bonds is 5. The van der Waals surface area contributed by atoms with Crippen molar-refractivity contribution < 1.29 is 14.3 Å². The van der Waals surface area contributed by atoms with Crippen LogP contribution in [0, 0.1) is 5.82 Å². The summed E-state index contributed by atoms with van der Waals surface area (Å²) in [4.78, 5) is 11.3. The Labute approximate surface area is 98.9 Å². The number of carbonyl (C=O) groups is 1. The van der Waals surface area contributed by atoms with Gasteiger partial charge in [-0.3, -0.25) is 4.79 Å². The van der Waals surface area contributed by atoms with Gasteiger partial charge >= 0.3 is 5.97 Å². The van der Waals surface area contributed by atoms with Crippen molar-refractivity contribution in [1.29, 1.82) is 0 Å². The van der Waals surface area contributed by atoms with Gasteiger partial charge in [0.25, 0.3) is 0 Å². The quantitative estimate of drug-likeness (QED) is 0.861. The van der Waals surface area contributed by atoms with Gasteiger partial charge in [-0.25, -0.2) is 4.39 Å². The lowest BCUT2D eigenvalue weighted by molar-refractivity contribution is -0.139. The van der Waals surface area contributed by atoms with E-state index >= 15 is 0 Å². The maximum absolute atomic E-state index is 13.6. The third kappa shape index (κ3) is 2.55. The molecule has 1 aromatic rings. The van der Waals surface area contributed by atoms with E-state index < -0.39 is 16.5 Å². The smallest absolute Gasteiger partial charge is 0.324 e. The molecule has 0 amide bonds. The lowest BCUT2D eigenvalue weighted by Crippen LogP contribution is -2.30. The van der Waals surface area contributed by atoms with E-state index in [9.17, 15) is 14.3 Å². The fourth-order valence-corrected chi connectivity index (χ4v) is 2.47. The Bertz CT molecular complexity index is 381. The average molecular weight is 242 g/mol. The van der Waals surface area contributed by atoms with E-state index in [1.807, 2.05) is 6.92 Å². The van der Waals surface area contributed by atoms with Crippen LogP contribution in [0.4, 0.5) is 4.39 Å². The number of thioether (sulfide) groups is 1. The van der Waals surface area contributed by atoms with Crippen molar-refractivity contribution in [3.05, 3.63) is 35.6 Å². The monoisotopic (exact) mass is 242 g/mol. The van der Waals surface area contributed by atoms with E-state index in [-0.39, 0.29) is 5.56 Å². The molecule has 16 heavy (non-hydrogen) atoms. The second-order valence-corrected chi connectivity index (χ2v) is 5.18. The number of hydrogen-bond acceptors (Lipinski definition) is 2. The molecule has 0 heterocycles. The van der Waals surface area contributed by atoms with Gasteiger partial charge in [-0.1, -0.05) is 25.1 Å². The van der Waals surface area contributed by atoms with Gasteiger partial charge in [0.15, 0.2) is 0 Å². The Balaban J connectivity index is 3.11. The van der Waals surface area contributed by atoms with Crippen LogP contribution >= 0.6 is 11.8 Å². The van der Waals surface area contributed by atoms with Crippen LogP contribution < -0.4 is 0 Å². The van der Waals surface area contributed by atoms with E-state index in [0.29, 0.717) is 5.75 Å². The van der Waals surface area contributed by atoms with E-state index in [1.54, 1.807) is 19.1 Å². The van der Waals surface area contributed by atoms with Crippen LogP contribution in [0.5, 0.6) is 0 Å². The summed E-state index contributed by atoms with van der Waals surface area (Å²) in [5.41, 5.74) is 0.237. The van der Waals surface area contributed by atoms with Gasteiger partial charge in [-0.2, -0.15) is 0 Å². The van der Waals surface area contributed by atoms with Gasteiger partial charge < -0.3 is 5.11 Å². The highest BCUT2D eigenvalue weighted by molar-refractivity contribution is 8.00. The summed E-state index contributed by atoms with van der Waals surface area (Å²) in [5, 5.41) is 9.25. The molecule has 0 spiro atoms. The molecule has 0 bridgehead atoms. The van der Waals surface area contributed by atoms with Crippen molar-refractivity contribution in [2.24, 2.45) is 0 Å². The van der Waals surface area contributed by atoms with Crippen LogP contribution in [0.3, 0.4) is 0 Å². The molecule has 4 heteroatoms. The molecule has 88 valence electrons. The molecular formula is C12H15FO2S. The molecule has 1 rings (SSSR count). The van der Waals surface area contributed by atoms with Gasteiger partial charge in [0, 0.05) is 5.56 Å². The first kappa shape index (κ1) is 13.0. The number of benzene rings is 1. The molecule has 0 saturated heterocycles. The van der Waals surface area contributed by atoms with E-state index in [1.165, 1.54) is 23.9 Å². The van der Waals surface area contributed by atoms with E-state index in [0.717, 1.165) is 6.42 Å². The normalized spacial score (nSPS) is 14.4. The molecule has 0 aliphatic rings. The molecule has 0 aromatic heterocycles. The molecule has 1 atom stereocenters. The predicted octanol–water partition coefficient (Wildman–Crippen LogP) is 3.27. The highest BCUT2D eigenvalue weighted by Gasteiger charge is 2.37. The summed E-state index contributed by atoms with van der Waals surface area (Å²) in [7, 11) is 0. The first-order valence-electron chi connectivity index (χ1n) is 5.14. The van der Waals surface area contributed by atoms with Crippen LogP contribution in [0.2, 0.25) is 0 Å². The molecule has 0 aliphatic carbocycles. The summed E-state index contributed by atoms with van der Waals surface area (Å²) in [6.45, 7) is 3.52. The fraction of sp³-hybridized carbons (Fsp3) is 0.417. The molecule has 2 nitrogen and oxygen atoms in total. The molecule has 0 aliphatic heterocycles. The first-order chi connectivity index (χ1) is 7.52. The summed E-state index contributed by atoms with van der Waals surface area (Å²) in [6, 6.07) is 6.05. The molecule has 0 radical (unpaired) electrons. The van der Waals surface area contributed by atoms with Crippen LogP contribution in [0.15, 0.2) is 24.3 Å². The lowest BCUT2D eigenvalue weighted by Gasteiger charge is -2.25. The van der Waals surface area contributed by atoms with Gasteiger partial charge in [-0.15, -0.1) is 11.8 Å². The zero-order valence-electron chi connectivity index (χ0n) is 9.37. The summed E-state index contributed by atoms with van der Waals surface area (Å²) < 4.78 is 12.4. The van der Waals surface area contributed by atoms with Crippen LogP contribution in [0.1, 0.15) is 25.8 Å². The van der Waals surface area contributed by atoms with Gasteiger partial charge in [-0.05, 0) is 25.2 Å². The van der Waals surface area contributed by atoms with Crippen molar-refractivity contribution in [2.45, 2.75) is 25.0 Å². The highest BCUT2D eigenvalue weighted by atomic mass is 32.2. The van der Waals surface area contributed by atoms with Crippen LogP contribution in [-0.4, -0.2) is 16.8 Å². The van der Waals surface area contributed by atoms with Crippen molar-refractivity contribution in [2.75, 3.05) is 5.75 Å². The largest absolute Gasteiger partial charge is 0.480 e. The molecule has 1 aromatic carbocycles. The number of hydrogen-bond donors (Lipinski definition) is 1. The molecule has 1 unspecified atom stereocenters. The third-order valence-electron chi connectivity index (χ3n) is 2.39. The summed E-state index contributed by atoms with van der Waals surface area (Å²) in [5.74, 6) is -0.774. The Kier molecular flexibility index (Phi) is 4.35. The Hall–Kier alpha value is -1.03. The number of halogens is 1. The fourth-order valence-electron chi connectivity index (χ4n) is 1.41. The van der Waals surface area contributed by atoms with Crippen molar-refractivity contribution >= 4 is 17.7 Å². The molecule has 0 fully saturated rings. The van der Waals surface area contributed by atoms with Gasteiger partial charge in [0.05, 0.1) is 0 Å². The summed E-state index contributed by atoms with van der Waals surface area (Å²) in [6.07, 6.45) is 0.863. The van der Waals surface area contributed by atoms with Gasteiger partial charge in [0.2, 0.25) is 0 Å². The Morgan fingerprint density at radius 1 is 1.50 bits per heavy atom. The topological polar surface area (TPSA) is 37.3 Å². The maximum Gasteiger partial charge on any atom is 0.324 e. The predicted molar refractivity (Wildman–Crippen MR) is 64.1 cm³/mol. The second kappa shape index (κ2) is 5.34. The lowest BCUT2D eigenvalue weighted by atomic mass is 10.00. The van der Waals surface area contributed by atoms with E-state index in [2.05, 4.69) is 0 Å². The zero-order valence-corrected chi connectivity index (χ0v) is 10.2. The van der Waals surface area contributed by atoms with Crippen LogP contribution in [0.25, 0.3) is 0 Å². The van der Waals surface area contributed by atoms with Crippen LogP contribution in [-0.2, 0) is 9.54 Å². The second-order valence-electron chi connectivity index (χ2n) is 3.67. The summed E-state index contributed by atoms with van der Waals surface area (Å²) >= 11 is 1.26. The number of carboxylic acids is 1. The minimum atomic E-state index is -1.21. The number of carboxylic acid groups (broad SMARTS) is 1. The van der Waals surface area contributed by atoms with Gasteiger partial charge in [0.1, 0.15) is 10.6 Å². The molecule has 0 saturated carbocycles. The third-order valence-corrected chi connectivity index (χ3v) is 3.98. The minimum absolute atomic E-state index is 0.237. The van der Waals surface area contributed by atoms with Crippen molar-refractivity contribution in [3.8, 4) is 0 Å². The first-order valence-corrected chi connectivity index (χ1v) is 6.13. The zero-order chi connectivity index (χ0) is 12.2. The van der Waals surface area contributed by atoms with Crippen molar-refractivity contribution in [1.82, 2.24) is 0 Å². The Morgan fingerprint density at radius 2 is 2.12 bits per heavy atom. The maximum atomic E-state index is 13.6.